The van der Waals surface area contributed by atoms with Crippen LogP contribution in [0.3, 0.4) is 0 Å². The van der Waals surface area contributed by atoms with E-state index in [0.29, 0.717) is 16.3 Å². The average molecular weight is 442 g/mol. The van der Waals surface area contributed by atoms with Gasteiger partial charge in [-0.15, -0.1) is 0 Å². The minimum Gasteiger partial charge on any atom is -0.324 e. The highest BCUT2D eigenvalue weighted by atomic mass is 35.5. The molecule has 0 aromatic heterocycles. The molecule has 2 N–H and O–H groups in total. The van der Waals surface area contributed by atoms with Gasteiger partial charge in [0.05, 0.1) is 0 Å². The first-order chi connectivity index (χ1) is 14.3. The van der Waals surface area contributed by atoms with Crippen LogP contribution in [0.25, 0.3) is 10.8 Å². The lowest BCUT2D eigenvalue weighted by Crippen LogP contribution is -2.42. The van der Waals surface area contributed by atoms with E-state index >= 15 is 0 Å². The van der Waals surface area contributed by atoms with Crippen molar-refractivity contribution in [3.8, 4) is 0 Å². The Hall–Kier alpha value is -3.09. The Morgan fingerprint density at radius 3 is 2.57 bits per heavy atom. The third-order valence-electron chi connectivity index (χ3n) is 5.11. The van der Waals surface area contributed by atoms with E-state index in [1.807, 2.05) is 36.4 Å². The zero-order chi connectivity index (χ0) is 21.5. The molecular weight excluding hydrogens is 425 g/mol. The number of fused-ring (bicyclic) bond motifs is 1. The summed E-state index contributed by atoms with van der Waals surface area (Å²) in [6.07, 6.45) is 0. The molecule has 8 heteroatoms. The Balaban J connectivity index is 1.55. The van der Waals surface area contributed by atoms with E-state index in [2.05, 4.69) is 10.6 Å². The Kier molecular flexibility index (Phi) is 5.13. The first kappa shape index (κ1) is 20.2. The highest BCUT2D eigenvalue weighted by Crippen LogP contribution is 2.35. The van der Waals surface area contributed by atoms with Gasteiger partial charge < -0.3 is 10.6 Å². The van der Waals surface area contributed by atoms with Gasteiger partial charge in [-0.05, 0) is 30.5 Å². The third kappa shape index (κ3) is 3.49. The van der Waals surface area contributed by atoms with Crippen LogP contribution in [0, 0.1) is 0 Å². The van der Waals surface area contributed by atoms with E-state index in [0.717, 1.165) is 15.7 Å². The topological polar surface area (TPSA) is 78.5 Å². The summed E-state index contributed by atoms with van der Waals surface area (Å²) >= 11 is 12.2. The molecule has 0 radical (unpaired) electrons. The van der Waals surface area contributed by atoms with Crippen LogP contribution >= 0.6 is 23.2 Å². The first-order valence-corrected chi connectivity index (χ1v) is 9.92. The number of urea groups is 1. The zero-order valence-corrected chi connectivity index (χ0v) is 17.4. The van der Waals surface area contributed by atoms with E-state index in [9.17, 15) is 14.4 Å². The van der Waals surface area contributed by atoms with Gasteiger partial charge in [-0.25, -0.2) is 4.79 Å². The average Bonchev–Trinajstić information content (AvgIpc) is 2.92. The van der Waals surface area contributed by atoms with Crippen LogP contribution in [0.4, 0.5) is 10.5 Å². The van der Waals surface area contributed by atoms with Gasteiger partial charge in [0.2, 0.25) is 5.91 Å². The quantitative estimate of drug-likeness (QED) is 0.582. The third-order valence-corrected chi connectivity index (χ3v) is 5.66. The summed E-state index contributed by atoms with van der Waals surface area (Å²) in [5.41, 5.74) is -0.379. The fraction of sp³-hybridized carbons (Fsp3) is 0.136. The second-order valence-electron chi connectivity index (χ2n) is 7.15. The van der Waals surface area contributed by atoms with Crippen molar-refractivity contribution in [1.29, 1.82) is 0 Å². The molecule has 30 heavy (non-hydrogen) atoms. The summed E-state index contributed by atoms with van der Waals surface area (Å²) < 4.78 is 0. The lowest BCUT2D eigenvalue weighted by molar-refractivity contribution is -0.133. The number of nitrogens with zero attached hydrogens (tertiary/aromatic N) is 1. The molecule has 1 heterocycles. The maximum atomic E-state index is 13.0. The zero-order valence-electron chi connectivity index (χ0n) is 15.9. The molecule has 1 fully saturated rings. The molecule has 1 unspecified atom stereocenters. The monoisotopic (exact) mass is 441 g/mol. The van der Waals surface area contributed by atoms with Crippen LogP contribution in [-0.4, -0.2) is 29.3 Å². The molecule has 1 aliphatic rings. The van der Waals surface area contributed by atoms with Crippen molar-refractivity contribution >= 4 is 57.5 Å². The maximum Gasteiger partial charge on any atom is 0.325 e. The number of rotatable bonds is 4. The number of halogens is 2. The number of amides is 4. The number of carbonyl (C=O) groups is 3. The van der Waals surface area contributed by atoms with Crippen molar-refractivity contribution < 1.29 is 14.4 Å². The highest BCUT2D eigenvalue weighted by molar-refractivity contribution is 6.35. The van der Waals surface area contributed by atoms with E-state index < -0.39 is 29.9 Å². The predicted molar refractivity (Wildman–Crippen MR) is 117 cm³/mol. The largest absolute Gasteiger partial charge is 0.325 e. The van der Waals surface area contributed by atoms with E-state index in [4.69, 9.17) is 23.2 Å². The Labute approximate surface area is 182 Å². The first-order valence-electron chi connectivity index (χ1n) is 9.17. The Bertz CT molecular complexity index is 1190. The van der Waals surface area contributed by atoms with E-state index in [1.165, 1.54) is 6.07 Å². The maximum absolute atomic E-state index is 13.0. The van der Waals surface area contributed by atoms with Crippen LogP contribution < -0.4 is 10.6 Å². The Morgan fingerprint density at radius 2 is 1.80 bits per heavy atom. The van der Waals surface area contributed by atoms with Crippen LogP contribution in [0.5, 0.6) is 0 Å². The number of hydrogen-bond donors (Lipinski definition) is 2. The highest BCUT2D eigenvalue weighted by Gasteiger charge is 2.50. The summed E-state index contributed by atoms with van der Waals surface area (Å²) in [7, 11) is 0. The lowest BCUT2D eigenvalue weighted by atomic mass is 9.92. The molecule has 0 aliphatic carbocycles. The van der Waals surface area contributed by atoms with Gasteiger partial charge in [-0.1, -0.05) is 65.7 Å². The normalized spacial score (nSPS) is 18.6. The van der Waals surface area contributed by atoms with Gasteiger partial charge in [0, 0.05) is 26.7 Å². The summed E-state index contributed by atoms with van der Waals surface area (Å²) in [4.78, 5) is 39.1. The van der Waals surface area contributed by atoms with Crippen molar-refractivity contribution in [3.05, 3.63) is 76.3 Å². The van der Waals surface area contributed by atoms with Crippen molar-refractivity contribution in [1.82, 2.24) is 10.2 Å². The molecule has 1 saturated heterocycles. The number of hydrogen-bond acceptors (Lipinski definition) is 3. The number of nitrogens with one attached hydrogen (secondary N) is 2. The van der Waals surface area contributed by atoms with Gasteiger partial charge >= 0.3 is 6.03 Å². The molecule has 4 rings (SSSR count). The van der Waals surface area contributed by atoms with Crippen molar-refractivity contribution in [2.45, 2.75) is 12.5 Å². The molecule has 6 nitrogen and oxygen atoms in total. The van der Waals surface area contributed by atoms with Crippen LogP contribution in [0.1, 0.15) is 12.5 Å². The second-order valence-corrected chi connectivity index (χ2v) is 7.99. The van der Waals surface area contributed by atoms with Crippen LogP contribution in [0.2, 0.25) is 10.0 Å². The molecule has 1 atom stereocenters. The van der Waals surface area contributed by atoms with Gasteiger partial charge in [0.1, 0.15) is 12.1 Å². The van der Waals surface area contributed by atoms with Gasteiger partial charge in [0.25, 0.3) is 5.91 Å². The molecular formula is C22H17Cl2N3O3. The number of carbonyl (C=O) groups excluding carboxylic acids is 3. The SMILES string of the molecule is CC1(c2ccc(Cl)cc2Cl)NC(=O)N(CC(=O)Nc2cccc3ccccc23)C1=O. The van der Waals surface area contributed by atoms with Crippen molar-refractivity contribution in [2.75, 3.05) is 11.9 Å². The fourth-order valence-corrected chi connectivity index (χ4v) is 4.18. The lowest BCUT2D eigenvalue weighted by Gasteiger charge is -2.23. The minimum atomic E-state index is -1.39. The van der Waals surface area contributed by atoms with Crippen molar-refractivity contribution in [2.24, 2.45) is 0 Å². The van der Waals surface area contributed by atoms with Crippen LogP contribution in [-0.2, 0) is 15.1 Å². The number of imide groups is 1. The van der Waals surface area contributed by atoms with E-state index in [-0.39, 0.29) is 5.02 Å². The van der Waals surface area contributed by atoms with Gasteiger partial charge in [-0.2, -0.15) is 0 Å². The number of benzene rings is 3. The summed E-state index contributed by atoms with van der Waals surface area (Å²) in [5, 5.41) is 7.91. The van der Waals surface area contributed by atoms with Gasteiger partial charge in [0.15, 0.2) is 0 Å². The summed E-state index contributed by atoms with van der Waals surface area (Å²) in [6, 6.07) is 17.1. The molecule has 0 saturated carbocycles. The molecule has 4 amide bonds. The molecule has 3 aromatic carbocycles. The molecule has 1 aliphatic heterocycles. The molecule has 152 valence electrons. The Morgan fingerprint density at radius 1 is 1.07 bits per heavy atom. The minimum absolute atomic E-state index is 0.251. The molecule has 3 aromatic rings. The number of anilines is 1. The second kappa shape index (κ2) is 7.63. The smallest absolute Gasteiger partial charge is 0.324 e. The fourth-order valence-electron chi connectivity index (χ4n) is 3.59. The van der Waals surface area contributed by atoms with E-state index in [1.54, 1.807) is 25.1 Å². The summed E-state index contributed by atoms with van der Waals surface area (Å²) in [5.74, 6) is -1.05. The van der Waals surface area contributed by atoms with Crippen LogP contribution in [0.15, 0.2) is 60.7 Å². The summed E-state index contributed by atoms with van der Waals surface area (Å²) in [6.45, 7) is 1.12. The van der Waals surface area contributed by atoms with Crippen molar-refractivity contribution in [3.63, 3.8) is 0 Å². The molecule has 0 spiro atoms. The standard InChI is InChI=1S/C22H17Cl2N3O3/c1-22(16-10-9-14(23)11-17(16)24)20(29)27(21(30)26-22)12-19(28)25-18-8-4-6-13-5-2-3-7-15(13)18/h2-11H,12H2,1H3,(H,25,28)(H,26,30). The van der Waals surface area contributed by atoms with Gasteiger partial charge in [-0.3, -0.25) is 14.5 Å². The predicted octanol–water partition coefficient (Wildman–Crippen LogP) is 4.55. The molecule has 0 bridgehead atoms.